The van der Waals surface area contributed by atoms with Gasteiger partial charge in [-0.15, -0.1) is 0 Å². The van der Waals surface area contributed by atoms with Crippen molar-refractivity contribution >= 4 is 17.3 Å². The standard InChI is InChI=1S/C17H23N5O2/c1-4-22-13(3)16(12(2)20-22)19-17(23)15-11-14(5-6-18-15)21-7-9-24-10-8-21/h5-6,11H,4,7-10H2,1-3H3,(H,19,23). The van der Waals surface area contributed by atoms with Crippen LogP contribution in [0.5, 0.6) is 0 Å². The molecule has 3 rings (SSSR count). The van der Waals surface area contributed by atoms with Crippen LogP contribution < -0.4 is 10.2 Å². The highest BCUT2D eigenvalue weighted by molar-refractivity contribution is 6.04. The largest absolute Gasteiger partial charge is 0.378 e. The Labute approximate surface area is 141 Å². The van der Waals surface area contributed by atoms with E-state index in [1.54, 1.807) is 6.20 Å². The van der Waals surface area contributed by atoms with E-state index in [9.17, 15) is 4.79 Å². The number of rotatable bonds is 4. The number of carbonyl (C=O) groups excluding carboxylic acids is 1. The Hall–Kier alpha value is -2.41. The number of ether oxygens (including phenoxy) is 1. The number of nitrogens with zero attached hydrogens (tertiary/aromatic N) is 4. The van der Waals surface area contributed by atoms with Crippen LogP contribution in [-0.2, 0) is 11.3 Å². The number of hydrogen-bond donors (Lipinski definition) is 1. The van der Waals surface area contributed by atoms with E-state index in [4.69, 9.17) is 4.74 Å². The Morgan fingerprint density at radius 1 is 1.33 bits per heavy atom. The van der Waals surface area contributed by atoms with E-state index in [2.05, 4.69) is 20.3 Å². The summed E-state index contributed by atoms with van der Waals surface area (Å²) in [5.74, 6) is -0.216. The highest BCUT2D eigenvalue weighted by Gasteiger charge is 2.17. The van der Waals surface area contributed by atoms with Crippen molar-refractivity contribution in [3.63, 3.8) is 0 Å². The van der Waals surface area contributed by atoms with Gasteiger partial charge in [0.2, 0.25) is 0 Å². The van der Waals surface area contributed by atoms with E-state index in [0.29, 0.717) is 18.9 Å². The molecule has 7 nitrogen and oxygen atoms in total. The molecule has 1 N–H and O–H groups in total. The predicted octanol–water partition coefficient (Wildman–Crippen LogP) is 2.00. The van der Waals surface area contributed by atoms with Crippen molar-refractivity contribution in [2.24, 2.45) is 0 Å². The van der Waals surface area contributed by atoms with Crippen molar-refractivity contribution in [3.05, 3.63) is 35.4 Å². The average Bonchev–Trinajstić information content (AvgIpc) is 2.90. The molecule has 128 valence electrons. The smallest absolute Gasteiger partial charge is 0.274 e. The van der Waals surface area contributed by atoms with Crippen LogP contribution in [0.3, 0.4) is 0 Å². The lowest BCUT2D eigenvalue weighted by atomic mass is 10.2. The Bertz CT molecular complexity index is 735. The summed E-state index contributed by atoms with van der Waals surface area (Å²) in [5, 5.41) is 7.38. The number of anilines is 2. The molecule has 0 unspecified atom stereocenters. The monoisotopic (exact) mass is 329 g/mol. The second kappa shape index (κ2) is 7.00. The summed E-state index contributed by atoms with van der Waals surface area (Å²) in [6.07, 6.45) is 1.68. The number of nitrogens with one attached hydrogen (secondary N) is 1. The van der Waals surface area contributed by atoms with Gasteiger partial charge >= 0.3 is 0 Å². The van der Waals surface area contributed by atoms with E-state index in [1.807, 2.05) is 37.6 Å². The molecule has 1 fully saturated rings. The van der Waals surface area contributed by atoms with Crippen LogP contribution in [0.25, 0.3) is 0 Å². The van der Waals surface area contributed by atoms with E-state index < -0.39 is 0 Å². The first-order valence-electron chi connectivity index (χ1n) is 8.24. The van der Waals surface area contributed by atoms with Crippen molar-refractivity contribution < 1.29 is 9.53 Å². The number of pyridine rings is 1. The normalized spacial score (nSPS) is 14.7. The summed E-state index contributed by atoms with van der Waals surface area (Å²) >= 11 is 0. The van der Waals surface area contributed by atoms with E-state index in [1.165, 1.54) is 0 Å². The molecule has 24 heavy (non-hydrogen) atoms. The van der Waals surface area contributed by atoms with Gasteiger partial charge in [0.05, 0.1) is 30.3 Å². The molecule has 3 heterocycles. The third-order valence-corrected chi connectivity index (χ3v) is 4.27. The molecular weight excluding hydrogens is 306 g/mol. The summed E-state index contributed by atoms with van der Waals surface area (Å²) in [5.41, 5.74) is 3.93. The zero-order valence-electron chi connectivity index (χ0n) is 14.4. The van der Waals surface area contributed by atoms with Gasteiger partial charge in [-0.05, 0) is 32.9 Å². The SMILES string of the molecule is CCn1nc(C)c(NC(=O)c2cc(N3CCOCC3)ccn2)c1C. The zero-order valence-corrected chi connectivity index (χ0v) is 14.4. The fraction of sp³-hybridized carbons (Fsp3) is 0.471. The average molecular weight is 329 g/mol. The number of aryl methyl sites for hydroxylation is 2. The molecule has 2 aromatic rings. The maximum Gasteiger partial charge on any atom is 0.274 e. The molecule has 0 spiro atoms. The summed E-state index contributed by atoms with van der Waals surface area (Å²) in [6.45, 7) is 9.71. The highest BCUT2D eigenvalue weighted by Crippen LogP contribution is 2.21. The first-order valence-corrected chi connectivity index (χ1v) is 8.24. The zero-order chi connectivity index (χ0) is 17.1. The topological polar surface area (TPSA) is 72.3 Å². The van der Waals surface area contributed by atoms with Crippen LogP contribution in [0, 0.1) is 13.8 Å². The third kappa shape index (κ3) is 3.26. The van der Waals surface area contributed by atoms with Crippen molar-refractivity contribution in [1.29, 1.82) is 0 Å². The lowest BCUT2D eigenvalue weighted by Crippen LogP contribution is -2.36. The van der Waals surface area contributed by atoms with Crippen molar-refractivity contribution in [2.75, 3.05) is 36.5 Å². The second-order valence-corrected chi connectivity index (χ2v) is 5.81. The Morgan fingerprint density at radius 3 is 2.75 bits per heavy atom. The van der Waals surface area contributed by atoms with Gasteiger partial charge in [-0.3, -0.25) is 14.5 Å². The molecule has 0 radical (unpaired) electrons. The minimum absolute atomic E-state index is 0.216. The van der Waals surface area contributed by atoms with Crippen molar-refractivity contribution in [1.82, 2.24) is 14.8 Å². The molecule has 1 aliphatic rings. The minimum atomic E-state index is -0.216. The van der Waals surface area contributed by atoms with Gasteiger partial charge in [0.15, 0.2) is 0 Å². The lowest BCUT2D eigenvalue weighted by molar-refractivity contribution is 0.102. The van der Waals surface area contributed by atoms with Gasteiger partial charge < -0.3 is 15.0 Å². The first-order chi connectivity index (χ1) is 11.6. The third-order valence-electron chi connectivity index (χ3n) is 4.27. The summed E-state index contributed by atoms with van der Waals surface area (Å²) in [6, 6.07) is 3.75. The molecule has 1 aliphatic heterocycles. The molecule has 0 aromatic carbocycles. The van der Waals surface area contributed by atoms with Gasteiger partial charge in [0, 0.05) is 31.5 Å². The number of hydrogen-bond acceptors (Lipinski definition) is 5. The van der Waals surface area contributed by atoms with Gasteiger partial charge in [-0.2, -0.15) is 5.10 Å². The van der Waals surface area contributed by atoms with Gasteiger partial charge in [0.25, 0.3) is 5.91 Å². The lowest BCUT2D eigenvalue weighted by Gasteiger charge is -2.28. The molecule has 0 aliphatic carbocycles. The van der Waals surface area contributed by atoms with Crippen LogP contribution in [-0.4, -0.2) is 47.0 Å². The number of carbonyl (C=O) groups is 1. The molecule has 2 aromatic heterocycles. The van der Waals surface area contributed by atoms with Gasteiger partial charge in [0.1, 0.15) is 5.69 Å². The second-order valence-electron chi connectivity index (χ2n) is 5.81. The fourth-order valence-corrected chi connectivity index (χ4v) is 2.93. The predicted molar refractivity (Wildman–Crippen MR) is 92.6 cm³/mol. The summed E-state index contributed by atoms with van der Waals surface area (Å²) in [4.78, 5) is 19.0. The highest BCUT2D eigenvalue weighted by atomic mass is 16.5. The molecule has 7 heteroatoms. The molecule has 1 saturated heterocycles. The molecule has 0 saturated carbocycles. The summed E-state index contributed by atoms with van der Waals surface area (Å²) in [7, 11) is 0. The van der Waals surface area contributed by atoms with Gasteiger partial charge in [-0.1, -0.05) is 0 Å². The van der Waals surface area contributed by atoms with Crippen LogP contribution in [0.15, 0.2) is 18.3 Å². The quantitative estimate of drug-likeness (QED) is 0.929. The van der Waals surface area contributed by atoms with E-state index >= 15 is 0 Å². The summed E-state index contributed by atoms with van der Waals surface area (Å²) < 4.78 is 7.25. The Balaban J connectivity index is 1.79. The molecule has 0 atom stereocenters. The number of morpholine rings is 1. The Morgan fingerprint density at radius 2 is 2.08 bits per heavy atom. The maximum absolute atomic E-state index is 12.6. The van der Waals surface area contributed by atoms with E-state index in [0.717, 1.165) is 42.4 Å². The maximum atomic E-state index is 12.6. The van der Waals surface area contributed by atoms with Crippen molar-refractivity contribution in [3.8, 4) is 0 Å². The number of amides is 1. The van der Waals surface area contributed by atoms with Crippen LogP contribution in [0.4, 0.5) is 11.4 Å². The Kier molecular flexibility index (Phi) is 4.80. The molecule has 1 amide bonds. The van der Waals surface area contributed by atoms with Crippen LogP contribution in [0.2, 0.25) is 0 Å². The van der Waals surface area contributed by atoms with Crippen LogP contribution >= 0.6 is 0 Å². The minimum Gasteiger partial charge on any atom is -0.378 e. The fourth-order valence-electron chi connectivity index (χ4n) is 2.93. The van der Waals surface area contributed by atoms with Crippen molar-refractivity contribution in [2.45, 2.75) is 27.3 Å². The first kappa shape index (κ1) is 16.4. The molecule has 0 bridgehead atoms. The van der Waals surface area contributed by atoms with E-state index in [-0.39, 0.29) is 5.91 Å². The number of aromatic nitrogens is 3. The van der Waals surface area contributed by atoms with Crippen LogP contribution in [0.1, 0.15) is 28.8 Å². The molecular formula is C17H23N5O2. The van der Waals surface area contributed by atoms with Gasteiger partial charge in [-0.25, -0.2) is 0 Å².